The van der Waals surface area contributed by atoms with Crippen LogP contribution in [0.5, 0.6) is 0 Å². The van der Waals surface area contributed by atoms with Gasteiger partial charge < -0.3 is 15.0 Å². The standard InChI is InChI=1S/C12H16N2O3S/c1-17-5-4-13-11(15)9-7-14(8-9)12(16)10-3-2-6-18-10/h2-3,6,9H,4-5,7-8H2,1H3,(H,13,15). The second-order valence-corrected chi connectivity index (χ2v) is 5.12. The molecule has 6 heteroatoms. The highest BCUT2D eigenvalue weighted by molar-refractivity contribution is 7.12. The number of likely N-dealkylation sites (tertiary alicyclic amines) is 1. The van der Waals surface area contributed by atoms with Crippen LogP contribution >= 0.6 is 11.3 Å². The van der Waals surface area contributed by atoms with E-state index < -0.39 is 0 Å². The third kappa shape index (κ3) is 2.88. The fourth-order valence-electron chi connectivity index (χ4n) is 1.79. The Labute approximate surface area is 110 Å². The third-order valence-electron chi connectivity index (χ3n) is 2.88. The molecule has 98 valence electrons. The summed E-state index contributed by atoms with van der Waals surface area (Å²) in [5.41, 5.74) is 0. The van der Waals surface area contributed by atoms with Gasteiger partial charge in [-0.2, -0.15) is 0 Å². The summed E-state index contributed by atoms with van der Waals surface area (Å²) in [6, 6.07) is 3.66. The molecule has 1 saturated heterocycles. The van der Waals surface area contributed by atoms with Crippen molar-refractivity contribution < 1.29 is 14.3 Å². The van der Waals surface area contributed by atoms with E-state index in [-0.39, 0.29) is 17.7 Å². The Kier molecular flexibility index (Phi) is 4.33. The Morgan fingerprint density at radius 1 is 1.56 bits per heavy atom. The molecular weight excluding hydrogens is 252 g/mol. The van der Waals surface area contributed by atoms with E-state index >= 15 is 0 Å². The molecule has 1 aromatic rings. The van der Waals surface area contributed by atoms with Crippen LogP contribution in [0.1, 0.15) is 9.67 Å². The van der Waals surface area contributed by atoms with Gasteiger partial charge in [0.05, 0.1) is 17.4 Å². The molecule has 0 radical (unpaired) electrons. The normalized spacial score (nSPS) is 15.3. The maximum Gasteiger partial charge on any atom is 0.263 e. The summed E-state index contributed by atoms with van der Waals surface area (Å²) in [6.07, 6.45) is 0. The van der Waals surface area contributed by atoms with E-state index in [4.69, 9.17) is 4.74 Å². The van der Waals surface area contributed by atoms with E-state index in [2.05, 4.69) is 5.32 Å². The van der Waals surface area contributed by atoms with Crippen molar-refractivity contribution in [3.63, 3.8) is 0 Å². The second kappa shape index (κ2) is 5.97. The minimum absolute atomic E-state index is 0.00211. The molecule has 1 N–H and O–H groups in total. The number of methoxy groups -OCH3 is 1. The van der Waals surface area contributed by atoms with Crippen LogP contribution in [0.15, 0.2) is 17.5 Å². The van der Waals surface area contributed by atoms with Crippen molar-refractivity contribution in [2.24, 2.45) is 5.92 Å². The molecule has 0 saturated carbocycles. The Morgan fingerprint density at radius 3 is 2.94 bits per heavy atom. The molecule has 2 amide bonds. The van der Waals surface area contributed by atoms with Crippen LogP contribution in [-0.2, 0) is 9.53 Å². The van der Waals surface area contributed by atoms with E-state index in [9.17, 15) is 9.59 Å². The van der Waals surface area contributed by atoms with Crippen LogP contribution in [-0.4, -0.2) is 50.1 Å². The average Bonchev–Trinajstić information content (AvgIpc) is 2.80. The molecule has 1 fully saturated rings. The van der Waals surface area contributed by atoms with Crippen molar-refractivity contribution in [1.29, 1.82) is 0 Å². The van der Waals surface area contributed by atoms with Crippen molar-refractivity contribution in [3.8, 4) is 0 Å². The number of ether oxygens (including phenoxy) is 1. The number of amides is 2. The molecule has 18 heavy (non-hydrogen) atoms. The molecule has 0 aromatic carbocycles. The summed E-state index contributed by atoms with van der Waals surface area (Å²) >= 11 is 1.43. The van der Waals surface area contributed by atoms with Crippen molar-refractivity contribution in [3.05, 3.63) is 22.4 Å². The number of carbonyl (C=O) groups is 2. The fourth-order valence-corrected chi connectivity index (χ4v) is 2.48. The van der Waals surface area contributed by atoms with Gasteiger partial charge in [-0.1, -0.05) is 6.07 Å². The summed E-state index contributed by atoms with van der Waals surface area (Å²) in [5.74, 6) is -0.0565. The zero-order chi connectivity index (χ0) is 13.0. The first-order valence-electron chi connectivity index (χ1n) is 5.82. The first-order chi connectivity index (χ1) is 8.72. The van der Waals surface area contributed by atoms with E-state index in [0.29, 0.717) is 26.2 Å². The molecule has 2 heterocycles. The van der Waals surface area contributed by atoms with Crippen LogP contribution < -0.4 is 5.32 Å². The molecule has 1 aliphatic heterocycles. The third-order valence-corrected chi connectivity index (χ3v) is 3.73. The largest absolute Gasteiger partial charge is 0.383 e. The lowest BCUT2D eigenvalue weighted by Crippen LogP contribution is -2.55. The maximum atomic E-state index is 11.9. The molecule has 1 aromatic heterocycles. The minimum atomic E-state index is -0.0780. The van der Waals surface area contributed by atoms with E-state index in [1.165, 1.54) is 11.3 Å². The molecule has 0 aliphatic carbocycles. The molecular formula is C12H16N2O3S. The highest BCUT2D eigenvalue weighted by Crippen LogP contribution is 2.20. The highest BCUT2D eigenvalue weighted by atomic mass is 32.1. The van der Waals surface area contributed by atoms with Gasteiger partial charge in [0.1, 0.15) is 0 Å². The Bertz CT molecular complexity index is 413. The number of hydrogen-bond donors (Lipinski definition) is 1. The van der Waals surface area contributed by atoms with Gasteiger partial charge in [-0.25, -0.2) is 0 Å². The minimum Gasteiger partial charge on any atom is -0.383 e. The predicted molar refractivity (Wildman–Crippen MR) is 68.6 cm³/mol. The van der Waals surface area contributed by atoms with E-state index in [0.717, 1.165) is 4.88 Å². The number of nitrogens with one attached hydrogen (secondary N) is 1. The van der Waals surface area contributed by atoms with Gasteiger partial charge >= 0.3 is 0 Å². The van der Waals surface area contributed by atoms with Gasteiger partial charge in [-0.15, -0.1) is 11.3 Å². The lowest BCUT2D eigenvalue weighted by atomic mass is 9.99. The molecule has 1 aliphatic rings. The monoisotopic (exact) mass is 268 g/mol. The number of rotatable bonds is 5. The Balaban J connectivity index is 1.73. The molecule has 2 rings (SSSR count). The number of thiophene rings is 1. The lowest BCUT2D eigenvalue weighted by Gasteiger charge is -2.37. The summed E-state index contributed by atoms with van der Waals surface area (Å²) in [4.78, 5) is 26.0. The molecule has 0 unspecified atom stereocenters. The van der Waals surface area contributed by atoms with Gasteiger partial charge in [-0.3, -0.25) is 9.59 Å². The van der Waals surface area contributed by atoms with Gasteiger partial charge in [0.2, 0.25) is 5.91 Å². The van der Waals surface area contributed by atoms with Crippen molar-refractivity contribution in [2.45, 2.75) is 0 Å². The summed E-state index contributed by atoms with van der Waals surface area (Å²) in [7, 11) is 1.59. The zero-order valence-corrected chi connectivity index (χ0v) is 11.0. The fraction of sp³-hybridized carbons (Fsp3) is 0.500. The van der Waals surface area contributed by atoms with Crippen LogP contribution in [0.4, 0.5) is 0 Å². The quantitative estimate of drug-likeness (QED) is 0.795. The highest BCUT2D eigenvalue weighted by Gasteiger charge is 2.35. The lowest BCUT2D eigenvalue weighted by molar-refractivity contribution is -0.129. The predicted octanol–water partition coefficient (Wildman–Crippen LogP) is 0.583. The SMILES string of the molecule is COCCNC(=O)C1CN(C(=O)c2cccs2)C1. The zero-order valence-electron chi connectivity index (χ0n) is 10.2. The summed E-state index contributed by atoms with van der Waals surface area (Å²) in [6.45, 7) is 2.05. The Hall–Kier alpha value is -1.40. The van der Waals surface area contributed by atoms with Crippen molar-refractivity contribution in [1.82, 2.24) is 10.2 Å². The molecule has 0 spiro atoms. The van der Waals surface area contributed by atoms with Gasteiger partial charge in [0.15, 0.2) is 0 Å². The van der Waals surface area contributed by atoms with Crippen molar-refractivity contribution in [2.75, 3.05) is 33.4 Å². The first-order valence-corrected chi connectivity index (χ1v) is 6.69. The molecule has 0 atom stereocenters. The smallest absolute Gasteiger partial charge is 0.263 e. The van der Waals surface area contributed by atoms with Gasteiger partial charge in [-0.05, 0) is 11.4 Å². The van der Waals surface area contributed by atoms with Gasteiger partial charge in [0, 0.05) is 26.7 Å². The number of nitrogens with zero attached hydrogens (tertiary/aromatic N) is 1. The van der Waals surface area contributed by atoms with Crippen LogP contribution in [0.3, 0.4) is 0 Å². The topological polar surface area (TPSA) is 58.6 Å². The van der Waals surface area contributed by atoms with Crippen LogP contribution in [0.25, 0.3) is 0 Å². The van der Waals surface area contributed by atoms with E-state index in [1.54, 1.807) is 18.1 Å². The average molecular weight is 268 g/mol. The van der Waals surface area contributed by atoms with Crippen LogP contribution in [0, 0.1) is 5.92 Å². The summed E-state index contributed by atoms with van der Waals surface area (Å²) < 4.78 is 4.85. The number of carbonyl (C=O) groups excluding carboxylic acids is 2. The second-order valence-electron chi connectivity index (χ2n) is 4.17. The van der Waals surface area contributed by atoms with E-state index in [1.807, 2.05) is 11.4 Å². The Morgan fingerprint density at radius 2 is 2.33 bits per heavy atom. The van der Waals surface area contributed by atoms with Crippen LogP contribution in [0.2, 0.25) is 0 Å². The first kappa shape index (κ1) is 13.0. The summed E-state index contributed by atoms with van der Waals surface area (Å²) in [5, 5.41) is 4.66. The molecule has 5 nitrogen and oxygen atoms in total. The van der Waals surface area contributed by atoms with Crippen molar-refractivity contribution >= 4 is 23.2 Å². The van der Waals surface area contributed by atoms with Gasteiger partial charge in [0.25, 0.3) is 5.91 Å². The molecule has 0 bridgehead atoms. The number of hydrogen-bond acceptors (Lipinski definition) is 4. The maximum absolute atomic E-state index is 11.9.